The lowest BCUT2D eigenvalue weighted by atomic mass is 10.2. The smallest absolute Gasteiger partial charge is 0.325 e. The highest BCUT2D eigenvalue weighted by atomic mass is 16.5. The van der Waals surface area contributed by atoms with Gasteiger partial charge in [-0.3, -0.25) is 9.69 Å². The Kier molecular flexibility index (Phi) is 4.84. The van der Waals surface area contributed by atoms with Gasteiger partial charge in [0.25, 0.3) is 0 Å². The van der Waals surface area contributed by atoms with Crippen LogP contribution in [0.3, 0.4) is 0 Å². The molecule has 0 radical (unpaired) electrons. The first-order chi connectivity index (χ1) is 13.7. The first-order valence-corrected chi connectivity index (χ1v) is 9.05. The third-order valence-electron chi connectivity index (χ3n) is 4.70. The fourth-order valence-electron chi connectivity index (χ4n) is 3.31. The Morgan fingerprint density at radius 1 is 1.18 bits per heavy atom. The van der Waals surface area contributed by atoms with Gasteiger partial charge in [0.2, 0.25) is 5.91 Å². The van der Waals surface area contributed by atoms with Gasteiger partial charge >= 0.3 is 6.03 Å². The molecule has 4 rings (SSSR count). The molecule has 144 valence electrons. The van der Waals surface area contributed by atoms with Gasteiger partial charge in [-0.15, -0.1) is 0 Å². The Bertz CT molecular complexity index is 983. The minimum atomic E-state index is -0.226. The molecule has 28 heavy (non-hydrogen) atoms. The van der Waals surface area contributed by atoms with Crippen molar-refractivity contribution in [3.8, 4) is 5.75 Å². The molecule has 0 atom stereocenters. The number of ether oxygens (including phenoxy) is 1. The van der Waals surface area contributed by atoms with Crippen LogP contribution in [0.4, 0.5) is 10.5 Å². The average Bonchev–Trinajstić information content (AvgIpc) is 3.30. The number of rotatable bonds is 6. The molecule has 2 aromatic carbocycles. The number of nitrogens with one attached hydrogen (secondary N) is 2. The molecular weight excluding hydrogens is 358 g/mol. The van der Waals surface area contributed by atoms with E-state index < -0.39 is 0 Å². The minimum absolute atomic E-state index is 0.00467. The van der Waals surface area contributed by atoms with Crippen molar-refractivity contribution in [3.63, 3.8) is 0 Å². The summed E-state index contributed by atoms with van der Waals surface area (Å²) in [4.78, 5) is 35.8. The second-order valence-corrected chi connectivity index (χ2v) is 6.50. The number of aromatic amines is 1. The number of carbonyl (C=O) groups is 2. The number of aromatic nitrogens is 2. The monoisotopic (exact) mass is 379 g/mol. The third-order valence-corrected chi connectivity index (χ3v) is 4.70. The molecule has 0 bridgehead atoms. The van der Waals surface area contributed by atoms with Crippen molar-refractivity contribution in [1.82, 2.24) is 20.2 Å². The van der Waals surface area contributed by atoms with Crippen LogP contribution in [0, 0.1) is 0 Å². The van der Waals surface area contributed by atoms with E-state index in [1.54, 1.807) is 12.0 Å². The van der Waals surface area contributed by atoms with Gasteiger partial charge in [0.15, 0.2) is 0 Å². The highest BCUT2D eigenvalue weighted by molar-refractivity contribution is 5.97. The van der Waals surface area contributed by atoms with Gasteiger partial charge in [0, 0.05) is 13.1 Å². The lowest BCUT2D eigenvalue weighted by molar-refractivity contribution is -0.121. The normalized spacial score (nSPS) is 14.0. The predicted molar refractivity (Wildman–Crippen MR) is 105 cm³/mol. The fraction of sp³-hybridized carbons (Fsp3) is 0.250. The van der Waals surface area contributed by atoms with Crippen molar-refractivity contribution >= 4 is 28.7 Å². The maximum atomic E-state index is 12.7. The number of benzene rings is 2. The summed E-state index contributed by atoms with van der Waals surface area (Å²) in [5, 5.41) is 2.81. The van der Waals surface area contributed by atoms with Gasteiger partial charge in [-0.1, -0.05) is 24.3 Å². The van der Waals surface area contributed by atoms with E-state index in [1.165, 1.54) is 4.90 Å². The maximum absolute atomic E-state index is 12.7. The lowest BCUT2D eigenvalue weighted by Crippen LogP contribution is -2.39. The van der Waals surface area contributed by atoms with Crippen molar-refractivity contribution in [3.05, 3.63) is 54.4 Å². The molecule has 3 aromatic rings. The Morgan fingerprint density at radius 2 is 1.96 bits per heavy atom. The summed E-state index contributed by atoms with van der Waals surface area (Å²) in [6, 6.07) is 14.8. The second kappa shape index (κ2) is 7.59. The van der Waals surface area contributed by atoms with Crippen molar-refractivity contribution in [2.75, 3.05) is 31.6 Å². The number of imidazole rings is 1. The summed E-state index contributed by atoms with van der Waals surface area (Å²) in [6.07, 6.45) is 0. The van der Waals surface area contributed by atoms with Crippen molar-refractivity contribution in [2.24, 2.45) is 0 Å². The quantitative estimate of drug-likeness (QED) is 0.686. The molecule has 1 saturated heterocycles. The van der Waals surface area contributed by atoms with Gasteiger partial charge in [-0.2, -0.15) is 0 Å². The third kappa shape index (κ3) is 3.48. The summed E-state index contributed by atoms with van der Waals surface area (Å²) in [5.41, 5.74) is 2.49. The van der Waals surface area contributed by atoms with E-state index in [2.05, 4.69) is 15.3 Å². The zero-order valence-corrected chi connectivity index (χ0v) is 15.5. The number of hydrogen-bond acceptors (Lipinski definition) is 4. The van der Waals surface area contributed by atoms with E-state index in [4.69, 9.17) is 4.74 Å². The summed E-state index contributed by atoms with van der Waals surface area (Å²) in [6.45, 7) is 1.28. The number of H-pyrrole nitrogens is 1. The minimum Gasteiger partial charge on any atom is -0.495 e. The van der Waals surface area contributed by atoms with Crippen molar-refractivity contribution < 1.29 is 14.3 Å². The molecule has 8 heteroatoms. The number of anilines is 1. The molecule has 1 aliphatic heterocycles. The molecule has 1 fully saturated rings. The van der Waals surface area contributed by atoms with Gasteiger partial charge in [0.05, 0.1) is 30.4 Å². The molecule has 3 amide bonds. The number of nitrogens with zero attached hydrogens (tertiary/aromatic N) is 3. The van der Waals surface area contributed by atoms with Crippen LogP contribution in [-0.2, 0) is 11.3 Å². The Morgan fingerprint density at radius 3 is 2.79 bits per heavy atom. The molecular formula is C20H21N5O3. The highest BCUT2D eigenvalue weighted by Gasteiger charge is 2.32. The van der Waals surface area contributed by atoms with Crippen LogP contribution in [0.1, 0.15) is 5.82 Å². The zero-order valence-electron chi connectivity index (χ0n) is 15.5. The largest absolute Gasteiger partial charge is 0.495 e. The Hall–Kier alpha value is -3.55. The van der Waals surface area contributed by atoms with Gasteiger partial charge in [0.1, 0.15) is 18.1 Å². The van der Waals surface area contributed by atoms with E-state index in [0.29, 0.717) is 30.4 Å². The van der Waals surface area contributed by atoms with Crippen LogP contribution >= 0.6 is 0 Å². The van der Waals surface area contributed by atoms with E-state index >= 15 is 0 Å². The van der Waals surface area contributed by atoms with Gasteiger partial charge in [-0.05, 0) is 24.3 Å². The molecule has 2 heterocycles. The maximum Gasteiger partial charge on any atom is 0.325 e. The predicted octanol–water partition coefficient (Wildman–Crippen LogP) is 2.13. The Balaban J connectivity index is 1.35. The summed E-state index contributed by atoms with van der Waals surface area (Å²) in [5.74, 6) is 1.08. The van der Waals surface area contributed by atoms with E-state index in [0.717, 1.165) is 11.0 Å². The average molecular weight is 379 g/mol. The molecule has 1 aliphatic rings. The van der Waals surface area contributed by atoms with Gasteiger partial charge < -0.3 is 19.9 Å². The fourth-order valence-corrected chi connectivity index (χ4v) is 3.31. The van der Waals surface area contributed by atoms with Crippen LogP contribution < -0.4 is 15.0 Å². The van der Waals surface area contributed by atoms with Crippen LogP contribution in [0.25, 0.3) is 11.0 Å². The SMILES string of the molecule is COc1ccccc1N1CCN(CC(=O)NCc2nc3ccccc3[nH]2)C1=O. The lowest BCUT2D eigenvalue weighted by Gasteiger charge is -2.20. The summed E-state index contributed by atoms with van der Waals surface area (Å²) in [7, 11) is 1.57. The van der Waals surface area contributed by atoms with E-state index in [-0.39, 0.29) is 25.0 Å². The topological polar surface area (TPSA) is 90.6 Å². The van der Waals surface area contributed by atoms with Crippen LogP contribution in [0.2, 0.25) is 0 Å². The first-order valence-electron chi connectivity index (χ1n) is 9.05. The number of carbonyl (C=O) groups excluding carboxylic acids is 2. The molecule has 0 unspecified atom stereocenters. The highest BCUT2D eigenvalue weighted by Crippen LogP contribution is 2.30. The van der Waals surface area contributed by atoms with Crippen molar-refractivity contribution in [1.29, 1.82) is 0 Å². The number of amides is 3. The molecule has 0 spiro atoms. The standard InChI is InChI=1S/C20H21N5O3/c1-28-17-9-5-4-8-16(17)25-11-10-24(20(25)27)13-19(26)21-12-18-22-14-6-2-3-7-15(14)23-18/h2-9H,10-13H2,1H3,(H,21,26)(H,22,23). The molecule has 2 N–H and O–H groups in total. The number of para-hydroxylation sites is 4. The zero-order chi connectivity index (χ0) is 19.5. The van der Waals surface area contributed by atoms with Crippen molar-refractivity contribution in [2.45, 2.75) is 6.54 Å². The van der Waals surface area contributed by atoms with Gasteiger partial charge in [-0.25, -0.2) is 9.78 Å². The van der Waals surface area contributed by atoms with E-state index in [9.17, 15) is 9.59 Å². The summed E-state index contributed by atoms with van der Waals surface area (Å²) >= 11 is 0. The number of urea groups is 1. The molecule has 1 aromatic heterocycles. The number of methoxy groups -OCH3 is 1. The van der Waals surface area contributed by atoms with Crippen LogP contribution in [0.5, 0.6) is 5.75 Å². The first kappa shape index (κ1) is 17.8. The molecule has 0 aliphatic carbocycles. The number of hydrogen-bond donors (Lipinski definition) is 2. The molecule has 0 saturated carbocycles. The molecule has 8 nitrogen and oxygen atoms in total. The summed E-state index contributed by atoms with van der Waals surface area (Å²) < 4.78 is 5.33. The number of fused-ring (bicyclic) bond motifs is 1. The van der Waals surface area contributed by atoms with Crippen LogP contribution in [-0.4, -0.2) is 53.6 Å². The second-order valence-electron chi connectivity index (χ2n) is 6.50. The van der Waals surface area contributed by atoms with E-state index in [1.807, 2.05) is 48.5 Å². The van der Waals surface area contributed by atoms with Crippen LogP contribution in [0.15, 0.2) is 48.5 Å². The Labute approximate surface area is 162 Å².